The number of fused-ring (bicyclic) bond motifs is 1. The number of amides is 1. The van der Waals surface area contributed by atoms with Crippen LogP contribution in [0.25, 0.3) is 0 Å². The number of pyridine rings is 1. The van der Waals surface area contributed by atoms with Gasteiger partial charge < -0.3 is 10.2 Å². The van der Waals surface area contributed by atoms with Gasteiger partial charge in [-0.3, -0.25) is 4.79 Å². The van der Waals surface area contributed by atoms with Crippen molar-refractivity contribution in [1.29, 1.82) is 0 Å². The highest BCUT2D eigenvalue weighted by Crippen LogP contribution is 2.28. The summed E-state index contributed by atoms with van der Waals surface area (Å²) in [5, 5.41) is 2.84. The highest BCUT2D eigenvalue weighted by molar-refractivity contribution is 5.99. The summed E-state index contributed by atoms with van der Waals surface area (Å²) in [4.78, 5) is 18.7. The minimum Gasteiger partial charge on any atom is -0.356 e. The van der Waals surface area contributed by atoms with Gasteiger partial charge in [0.15, 0.2) is 0 Å². The summed E-state index contributed by atoms with van der Waals surface area (Å²) in [6.07, 6.45) is 1.26. The van der Waals surface area contributed by atoms with Crippen LogP contribution in [0.3, 0.4) is 0 Å². The molecule has 1 amide bonds. The maximum absolute atomic E-state index is 11.8. The van der Waals surface area contributed by atoms with Gasteiger partial charge >= 0.3 is 0 Å². The Balaban J connectivity index is 1.95. The average Bonchev–Trinajstić information content (AvgIpc) is 2.70. The fraction of sp³-hybridized carbons (Fsp3) is 0.533. The predicted octanol–water partition coefficient (Wildman–Crippen LogP) is 1.99. The van der Waals surface area contributed by atoms with Gasteiger partial charge in [0.2, 0.25) is 0 Å². The number of piperidine rings is 1. The van der Waals surface area contributed by atoms with E-state index in [9.17, 15) is 4.79 Å². The van der Waals surface area contributed by atoms with Gasteiger partial charge in [-0.25, -0.2) is 4.98 Å². The topological polar surface area (TPSA) is 45.2 Å². The first-order chi connectivity index (χ1) is 9.04. The number of hydrogen-bond acceptors (Lipinski definition) is 3. The van der Waals surface area contributed by atoms with Crippen LogP contribution in [0.5, 0.6) is 0 Å². The fourth-order valence-corrected chi connectivity index (χ4v) is 3.29. The number of nitrogens with one attached hydrogen (secondary N) is 1. The Hall–Kier alpha value is -1.58. The molecule has 1 fully saturated rings. The number of carbonyl (C=O) groups is 1. The van der Waals surface area contributed by atoms with Crippen LogP contribution in [0, 0.1) is 18.8 Å². The summed E-state index contributed by atoms with van der Waals surface area (Å²) in [5.74, 6) is 2.24. The quantitative estimate of drug-likeness (QED) is 0.838. The largest absolute Gasteiger partial charge is 0.356 e. The third-order valence-corrected chi connectivity index (χ3v) is 4.06. The molecule has 1 saturated heterocycles. The molecule has 19 heavy (non-hydrogen) atoms. The number of carbonyl (C=O) groups excluding carboxylic acids is 1. The molecule has 2 atom stereocenters. The van der Waals surface area contributed by atoms with Gasteiger partial charge in [0.25, 0.3) is 5.91 Å². The molecular weight excluding hydrogens is 238 g/mol. The Labute approximate surface area is 114 Å². The van der Waals surface area contributed by atoms with E-state index in [-0.39, 0.29) is 5.91 Å². The SMILES string of the molecule is [CH2]c1nc(N2CC(C)CC(C)C2)cc2c1CNC2=O. The molecular formula is C15H20N3O. The Morgan fingerprint density at radius 2 is 2.05 bits per heavy atom. The van der Waals surface area contributed by atoms with Crippen LogP contribution in [0.15, 0.2) is 6.07 Å². The number of rotatable bonds is 1. The summed E-state index contributed by atoms with van der Waals surface area (Å²) in [6.45, 7) is 11.1. The van der Waals surface area contributed by atoms with Gasteiger partial charge in [-0.15, -0.1) is 0 Å². The van der Waals surface area contributed by atoms with Gasteiger partial charge in [-0.1, -0.05) is 13.8 Å². The lowest BCUT2D eigenvalue weighted by Gasteiger charge is -2.36. The van der Waals surface area contributed by atoms with Crippen LogP contribution in [0.2, 0.25) is 0 Å². The zero-order chi connectivity index (χ0) is 13.6. The first-order valence-electron chi connectivity index (χ1n) is 6.93. The van der Waals surface area contributed by atoms with Crippen LogP contribution in [0.1, 0.15) is 41.9 Å². The van der Waals surface area contributed by atoms with Crippen molar-refractivity contribution in [2.45, 2.75) is 26.8 Å². The third kappa shape index (κ3) is 2.20. The van der Waals surface area contributed by atoms with Crippen molar-refractivity contribution in [2.75, 3.05) is 18.0 Å². The monoisotopic (exact) mass is 258 g/mol. The first kappa shape index (κ1) is 12.5. The van der Waals surface area contributed by atoms with Crippen LogP contribution < -0.4 is 10.2 Å². The predicted molar refractivity (Wildman–Crippen MR) is 75.0 cm³/mol. The molecule has 1 radical (unpaired) electrons. The molecule has 0 spiro atoms. The van der Waals surface area contributed by atoms with E-state index in [0.29, 0.717) is 18.4 Å². The van der Waals surface area contributed by atoms with Crippen molar-refractivity contribution < 1.29 is 4.79 Å². The lowest BCUT2D eigenvalue weighted by Crippen LogP contribution is -2.39. The van der Waals surface area contributed by atoms with Gasteiger partial charge in [0.05, 0.1) is 0 Å². The van der Waals surface area contributed by atoms with E-state index in [4.69, 9.17) is 0 Å². The van der Waals surface area contributed by atoms with Gasteiger partial charge in [0.1, 0.15) is 5.82 Å². The zero-order valence-corrected chi connectivity index (χ0v) is 11.6. The van der Waals surface area contributed by atoms with Gasteiger partial charge in [-0.05, 0) is 31.2 Å². The summed E-state index contributed by atoms with van der Waals surface area (Å²) in [5.41, 5.74) is 2.43. The third-order valence-electron chi connectivity index (χ3n) is 4.06. The van der Waals surface area contributed by atoms with Crippen molar-refractivity contribution in [2.24, 2.45) is 11.8 Å². The Bertz CT molecular complexity index is 516. The van der Waals surface area contributed by atoms with Gasteiger partial charge in [-0.2, -0.15) is 0 Å². The van der Waals surface area contributed by atoms with Crippen LogP contribution in [0.4, 0.5) is 5.82 Å². The molecule has 4 nitrogen and oxygen atoms in total. The second kappa shape index (κ2) is 4.51. The molecule has 1 aromatic rings. The molecule has 3 heterocycles. The van der Waals surface area contributed by atoms with E-state index in [1.54, 1.807) is 0 Å². The van der Waals surface area contributed by atoms with Gasteiger partial charge in [0, 0.05) is 36.5 Å². The minimum atomic E-state index is 0.00153. The summed E-state index contributed by atoms with van der Waals surface area (Å²) in [6, 6.07) is 1.93. The smallest absolute Gasteiger partial charge is 0.252 e. The molecule has 3 rings (SSSR count). The molecule has 1 aromatic heterocycles. The Morgan fingerprint density at radius 1 is 1.37 bits per heavy atom. The minimum absolute atomic E-state index is 0.00153. The Kier molecular flexibility index (Phi) is 2.96. The number of nitrogens with zero attached hydrogens (tertiary/aromatic N) is 2. The van der Waals surface area contributed by atoms with E-state index in [2.05, 4.69) is 36.0 Å². The van der Waals surface area contributed by atoms with E-state index in [1.165, 1.54) is 6.42 Å². The normalized spacial score (nSPS) is 26.3. The number of hydrogen-bond donors (Lipinski definition) is 1. The summed E-state index contributed by atoms with van der Waals surface area (Å²) in [7, 11) is 0. The van der Waals surface area contributed by atoms with E-state index in [0.717, 1.165) is 35.7 Å². The van der Waals surface area contributed by atoms with Crippen LogP contribution >= 0.6 is 0 Å². The maximum atomic E-state index is 11.8. The van der Waals surface area contributed by atoms with Crippen molar-refractivity contribution in [3.05, 3.63) is 29.8 Å². The summed E-state index contributed by atoms with van der Waals surface area (Å²) >= 11 is 0. The average molecular weight is 258 g/mol. The number of anilines is 1. The van der Waals surface area contributed by atoms with E-state index >= 15 is 0 Å². The fourth-order valence-electron chi connectivity index (χ4n) is 3.29. The zero-order valence-electron chi connectivity index (χ0n) is 11.6. The second-order valence-electron chi connectivity index (χ2n) is 5.99. The molecule has 0 aliphatic carbocycles. The van der Waals surface area contributed by atoms with Crippen molar-refractivity contribution in [3.8, 4) is 0 Å². The molecule has 1 N–H and O–H groups in total. The van der Waals surface area contributed by atoms with Crippen molar-refractivity contribution >= 4 is 11.7 Å². The van der Waals surface area contributed by atoms with E-state index < -0.39 is 0 Å². The lowest BCUT2D eigenvalue weighted by molar-refractivity contribution is 0.0965. The molecule has 0 saturated carbocycles. The molecule has 101 valence electrons. The molecule has 2 unspecified atom stereocenters. The molecule has 0 bridgehead atoms. The molecule has 2 aliphatic heterocycles. The lowest BCUT2D eigenvalue weighted by atomic mass is 9.92. The highest BCUT2D eigenvalue weighted by atomic mass is 16.1. The molecule has 4 heteroatoms. The Morgan fingerprint density at radius 3 is 2.74 bits per heavy atom. The maximum Gasteiger partial charge on any atom is 0.252 e. The van der Waals surface area contributed by atoms with Crippen molar-refractivity contribution in [3.63, 3.8) is 0 Å². The highest BCUT2D eigenvalue weighted by Gasteiger charge is 2.27. The summed E-state index contributed by atoms with van der Waals surface area (Å²) < 4.78 is 0. The molecule has 0 aromatic carbocycles. The number of aromatic nitrogens is 1. The van der Waals surface area contributed by atoms with E-state index in [1.807, 2.05) is 6.07 Å². The first-order valence-corrected chi connectivity index (χ1v) is 6.93. The standard InChI is InChI=1S/C15H20N3O/c1-9-4-10(2)8-18(7-9)14-5-12-13(11(3)17-14)6-16-15(12)19/h5,9-10H,3-4,6-8H2,1-2H3,(H,16,19). The van der Waals surface area contributed by atoms with Crippen LogP contribution in [-0.4, -0.2) is 24.0 Å². The molecule has 2 aliphatic rings. The van der Waals surface area contributed by atoms with Crippen molar-refractivity contribution in [1.82, 2.24) is 10.3 Å². The second-order valence-corrected chi connectivity index (χ2v) is 5.99. The van der Waals surface area contributed by atoms with Crippen LogP contribution in [-0.2, 0) is 6.54 Å².